The molecule has 0 fully saturated rings. The van der Waals surface area contributed by atoms with Crippen molar-refractivity contribution in [1.82, 2.24) is 0 Å². The van der Waals surface area contributed by atoms with Gasteiger partial charge in [0.1, 0.15) is 16.3 Å². The highest BCUT2D eigenvalue weighted by atomic mass is 32.1. The van der Waals surface area contributed by atoms with Gasteiger partial charge in [0.05, 0.1) is 12.2 Å². The molecular formula is C19H14F3NO4S. The minimum atomic E-state index is -4.58. The summed E-state index contributed by atoms with van der Waals surface area (Å²) in [6.45, 7) is 1.73. The second kappa shape index (κ2) is 7.51. The van der Waals surface area contributed by atoms with Crippen molar-refractivity contribution in [2.75, 3.05) is 11.9 Å². The number of anilines is 1. The maximum Gasteiger partial charge on any atom is 0.416 e. The minimum Gasteiger partial charge on any atom is -0.508 e. The first-order valence-electron chi connectivity index (χ1n) is 8.12. The zero-order valence-electron chi connectivity index (χ0n) is 14.5. The Morgan fingerprint density at radius 2 is 1.93 bits per heavy atom. The second-order valence-electron chi connectivity index (χ2n) is 5.74. The minimum absolute atomic E-state index is 0.0279. The van der Waals surface area contributed by atoms with E-state index in [4.69, 9.17) is 4.74 Å². The number of carbonyl (C=O) groups is 2. The fraction of sp³-hybridized carbons (Fsp3) is 0.158. The molecule has 0 unspecified atom stereocenters. The number of hydrogen-bond donors (Lipinski definition) is 2. The van der Waals surface area contributed by atoms with Crippen LogP contribution in [0.15, 0.2) is 42.5 Å². The number of hydrogen-bond acceptors (Lipinski definition) is 5. The first-order valence-corrected chi connectivity index (χ1v) is 8.93. The molecule has 5 nitrogen and oxygen atoms in total. The molecule has 1 heterocycles. The van der Waals surface area contributed by atoms with Crippen molar-refractivity contribution in [2.24, 2.45) is 0 Å². The van der Waals surface area contributed by atoms with Crippen molar-refractivity contribution in [3.63, 3.8) is 0 Å². The largest absolute Gasteiger partial charge is 0.508 e. The Balaban J connectivity index is 2.01. The van der Waals surface area contributed by atoms with Crippen LogP contribution in [0.2, 0.25) is 0 Å². The molecule has 0 radical (unpaired) electrons. The number of nitrogens with one attached hydrogen (secondary N) is 1. The van der Waals surface area contributed by atoms with E-state index in [9.17, 15) is 27.9 Å². The van der Waals surface area contributed by atoms with E-state index in [-0.39, 0.29) is 28.5 Å². The van der Waals surface area contributed by atoms with Crippen LogP contribution < -0.4 is 5.32 Å². The summed E-state index contributed by atoms with van der Waals surface area (Å²) in [5.41, 5.74) is -1.07. The van der Waals surface area contributed by atoms with E-state index in [0.717, 1.165) is 29.5 Å². The van der Waals surface area contributed by atoms with E-state index in [2.05, 4.69) is 5.32 Å². The molecule has 146 valence electrons. The summed E-state index contributed by atoms with van der Waals surface area (Å²) in [5.74, 6) is -1.51. The average molecular weight is 409 g/mol. The Kier molecular flexibility index (Phi) is 5.28. The van der Waals surface area contributed by atoms with Crippen molar-refractivity contribution >= 4 is 38.3 Å². The van der Waals surface area contributed by atoms with E-state index in [1.54, 1.807) is 6.92 Å². The Hall–Kier alpha value is -3.07. The molecule has 2 N–H and O–H groups in total. The number of thiophene rings is 1. The topological polar surface area (TPSA) is 75.6 Å². The zero-order valence-corrected chi connectivity index (χ0v) is 15.3. The molecule has 1 amide bonds. The van der Waals surface area contributed by atoms with Gasteiger partial charge < -0.3 is 15.2 Å². The van der Waals surface area contributed by atoms with Crippen molar-refractivity contribution in [3.05, 3.63) is 59.2 Å². The Bertz CT molecular complexity index is 1060. The number of esters is 1. The second-order valence-corrected chi connectivity index (χ2v) is 6.79. The van der Waals surface area contributed by atoms with Gasteiger partial charge in [-0.3, -0.25) is 4.79 Å². The third kappa shape index (κ3) is 3.94. The fourth-order valence-corrected chi connectivity index (χ4v) is 3.71. The lowest BCUT2D eigenvalue weighted by atomic mass is 10.1. The van der Waals surface area contributed by atoms with Crippen molar-refractivity contribution in [2.45, 2.75) is 13.1 Å². The summed E-state index contributed by atoms with van der Waals surface area (Å²) in [6.07, 6.45) is -4.58. The molecule has 0 saturated heterocycles. The molecule has 0 atom stereocenters. The summed E-state index contributed by atoms with van der Waals surface area (Å²) >= 11 is 1.01. The monoisotopic (exact) mass is 409 g/mol. The molecule has 3 rings (SSSR count). The normalized spacial score (nSPS) is 11.4. The maximum atomic E-state index is 12.9. The van der Waals surface area contributed by atoms with Gasteiger partial charge in [-0.2, -0.15) is 13.2 Å². The number of alkyl halides is 3. The van der Waals surface area contributed by atoms with E-state index < -0.39 is 23.6 Å². The lowest BCUT2D eigenvalue weighted by Gasteiger charge is -2.09. The number of halogens is 3. The molecule has 0 aliphatic heterocycles. The molecular weight excluding hydrogens is 395 g/mol. The molecule has 1 aromatic heterocycles. The highest BCUT2D eigenvalue weighted by molar-refractivity contribution is 7.23. The summed E-state index contributed by atoms with van der Waals surface area (Å²) in [5, 5.41) is 12.7. The number of rotatable bonds is 4. The standard InChI is InChI=1S/C19H14F3NO4S/c1-2-27-18(26)15-13-7-6-12(24)9-14(13)28-17(15)23-16(25)10-4-3-5-11(8-10)19(20,21)22/h3-9,24H,2H2,1H3,(H,23,25). The quantitative estimate of drug-likeness (QED) is 0.591. The maximum absolute atomic E-state index is 12.9. The van der Waals surface area contributed by atoms with Gasteiger partial charge in [-0.1, -0.05) is 6.07 Å². The van der Waals surface area contributed by atoms with Crippen LogP contribution in [-0.4, -0.2) is 23.6 Å². The molecule has 0 bridgehead atoms. The molecule has 28 heavy (non-hydrogen) atoms. The van der Waals surface area contributed by atoms with Crippen LogP contribution in [0.5, 0.6) is 5.75 Å². The first kappa shape index (κ1) is 19.7. The lowest BCUT2D eigenvalue weighted by Crippen LogP contribution is -2.15. The van der Waals surface area contributed by atoms with Crippen LogP contribution in [0.3, 0.4) is 0 Å². The number of carbonyl (C=O) groups excluding carboxylic acids is 2. The third-order valence-electron chi connectivity index (χ3n) is 3.83. The smallest absolute Gasteiger partial charge is 0.416 e. The number of aromatic hydroxyl groups is 1. The molecule has 0 aliphatic rings. The van der Waals surface area contributed by atoms with E-state index in [1.807, 2.05) is 0 Å². The zero-order chi connectivity index (χ0) is 20.5. The summed E-state index contributed by atoms with van der Waals surface area (Å²) < 4.78 is 44.2. The van der Waals surface area contributed by atoms with Crippen LogP contribution in [0.1, 0.15) is 33.2 Å². The number of phenols is 1. The van der Waals surface area contributed by atoms with E-state index in [0.29, 0.717) is 10.1 Å². The van der Waals surface area contributed by atoms with Gasteiger partial charge in [0, 0.05) is 15.6 Å². The van der Waals surface area contributed by atoms with Gasteiger partial charge in [0.2, 0.25) is 0 Å². The van der Waals surface area contributed by atoms with E-state index >= 15 is 0 Å². The van der Waals surface area contributed by atoms with Crippen LogP contribution in [0.4, 0.5) is 18.2 Å². The summed E-state index contributed by atoms with van der Waals surface area (Å²) in [6, 6.07) is 8.29. The number of phenolic OH excluding ortho intramolecular Hbond substituents is 1. The van der Waals surface area contributed by atoms with Crippen molar-refractivity contribution in [3.8, 4) is 5.75 Å². The van der Waals surface area contributed by atoms with Gasteiger partial charge in [-0.15, -0.1) is 11.3 Å². The van der Waals surface area contributed by atoms with Crippen LogP contribution in [0.25, 0.3) is 10.1 Å². The van der Waals surface area contributed by atoms with Crippen LogP contribution in [0, 0.1) is 0 Å². The average Bonchev–Trinajstić information content (AvgIpc) is 2.98. The third-order valence-corrected chi connectivity index (χ3v) is 4.90. The number of fused-ring (bicyclic) bond motifs is 1. The van der Waals surface area contributed by atoms with Gasteiger partial charge in [-0.05, 0) is 43.3 Å². The molecule has 2 aromatic carbocycles. The molecule has 0 spiro atoms. The molecule has 0 saturated carbocycles. The first-order chi connectivity index (χ1) is 13.2. The predicted octanol–water partition coefficient (Wildman–Crippen LogP) is 5.05. The van der Waals surface area contributed by atoms with Crippen molar-refractivity contribution in [1.29, 1.82) is 0 Å². The van der Waals surface area contributed by atoms with Gasteiger partial charge >= 0.3 is 12.1 Å². The predicted molar refractivity (Wildman–Crippen MR) is 98.8 cm³/mol. The lowest BCUT2D eigenvalue weighted by molar-refractivity contribution is -0.137. The Labute approximate surface area is 161 Å². The molecule has 3 aromatic rings. The number of amides is 1. The summed E-state index contributed by atoms with van der Waals surface area (Å²) in [7, 11) is 0. The van der Waals surface area contributed by atoms with E-state index in [1.165, 1.54) is 24.3 Å². The SMILES string of the molecule is CCOC(=O)c1c(NC(=O)c2cccc(C(F)(F)F)c2)sc2cc(O)ccc12. The van der Waals surface area contributed by atoms with Gasteiger partial charge in [0.15, 0.2) is 0 Å². The van der Waals surface area contributed by atoms with Crippen LogP contribution in [-0.2, 0) is 10.9 Å². The molecule has 9 heteroatoms. The Morgan fingerprint density at radius 1 is 1.18 bits per heavy atom. The Morgan fingerprint density at radius 3 is 2.61 bits per heavy atom. The van der Waals surface area contributed by atoms with Crippen LogP contribution >= 0.6 is 11.3 Å². The number of ether oxygens (including phenoxy) is 1. The summed E-state index contributed by atoms with van der Waals surface area (Å²) in [4.78, 5) is 24.8. The van der Waals surface area contributed by atoms with Crippen molar-refractivity contribution < 1.29 is 32.6 Å². The highest BCUT2D eigenvalue weighted by Gasteiger charge is 2.31. The highest BCUT2D eigenvalue weighted by Crippen LogP contribution is 2.38. The number of benzene rings is 2. The van der Waals surface area contributed by atoms with Gasteiger partial charge in [0.25, 0.3) is 5.91 Å². The fourth-order valence-electron chi connectivity index (χ4n) is 2.59. The molecule has 0 aliphatic carbocycles. The van der Waals surface area contributed by atoms with Gasteiger partial charge in [-0.25, -0.2) is 4.79 Å².